The molecule has 1 aromatic carbocycles. The van der Waals surface area contributed by atoms with Crippen molar-refractivity contribution in [3.8, 4) is 0 Å². The summed E-state index contributed by atoms with van der Waals surface area (Å²) in [4.78, 5) is 12.2. The van der Waals surface area contributed by atoms with Crippen molar-refractivity contribution < 1.29 is 4.79 Å². The number of fused-ring (bicyclic) bond motifs is 2. The van der Waals surface area contributed by atoms with Gasteiger partial charge in [0.15, 0.2) is 0 Å². The Morgan fingerprint density at radius 2 is 2.06 bits per heavy atom. The van der Waals surface area contributed by atoms with Gasteiger partial charge in [0.1, 0.15) is 0 Å². The molecule has 1 amide bonds. The quantitative estimate of drug-likeness (QED) is 0.797. The summed E-state index contributed by atoms with van der Waals surface area (Å²) in [5, 5.41) is 3.02. The van der Waals surface area contributed by atoms with E-state index >= 15 is 0 Å². The molecule has 2 heterocycles. The number of benzene rings is 1. The van der Waals surface area contributed by atoms with E-state index < -0.39 is 0 Å². The Bertz CT molecular complexity index is 454. The van der Waals surface area contributed by atoms with Gasteiger partial charge in [0.25, 0.3) is 0 Å². The fourth-order valence-corrected chi connectivity index (χ4v) is 4.17. The number of thioether (sulfide) groups is 1. The van der Waals surface area contributed by atoms with Gasteiger partial charge in [-0.3, -0.25) is 4.79 Å². The molecule has 84 valence electrons. The molecule has 1 aromatic rings. The molecule has 1 saturated heterocycles. The lowest BCUT2D eigenvalue weighted by molar-refractivity contribution is -0.121. The summed E-state index contributed by atoms with van der Waals surface area (Å²) in [5.41, 5.74) is 1.95. The summed E-state index contributed by atoms with van der Waals surface area (Å²) in [6.07, 6.45) is 1.94. The van der Waals surface area contributed by atoms with Crippen molar-refractivity contribution in [2.75, 3.05) is 16.8 Å². The van der Waals surface area contributed by atoms with Gasteiger partial charge in [-0.15, -0.1) is 0 Å². The maximum absolute atomic E-state index is 12.2. The van der Waals surface area contributed by atoms with Crippen molar-refractivity contribution in [3.63, 3.8) is 0 Å². The van der Waals surface area contributed by atoms with Crippen LogP contribution in [0.5, 0.6) is 0 Å². The van der Waals surface area contributed by atoms with Crippen molar-refractivity contribution in [2.24, 2.45) is 0 Å². The molecule has 0 aromatic heterocycles. The number of hydrogen-bond acceptors (Lipinski definition) is 2. The topological polar surface area (TPSA) is 29.1 Å². The number of anilines is 1. The van der Waals surface area contributed by atoms with Gasteiger partial charge in [0.05, 0.1) is 5.41 Å². The Kier molecular flexibility index (Phi) is 2.51. The van der Waals surface area contributed by atoms with Gasteiger partial charge in [-0.05, 0) is 42.0 Å². The van der Waals surface area contributed by atoms with Crippen LogP contribution in [0.15, 0.2) is 22.7 Å². The van der Waals surface area contributed by atoms with Gasteiger partial charge in [0.2, 0.25) is 5.91 Å². The lowest BCUT2D eigenvalue weighted by Gasteiger charge is -2.31. The van der Waals surface area contributed by atoms with Gasteiger partial charge in [-0.1, -0.05) is 22.0 Å². The Morgan fingerprint density at radius 3 is 2.81 bits per heavy atom. The second-order valence-electron chi connectivity index (χ2n) is 4.34. The molecule has 2 aliphatic rings. The summed E-state index contributed by atoms with van der Waals surface area (Å²) in [6.45, 7) is 0. The highest BCUT2D eigenvalue weighted by atomic mass is 79.9. The van der Waals surface area contributed by atoms with Crippen LogP contribution in [-0.2, 0) is 10.2 Å². The molecule has 3 rings (SSSR count). The summed E-state index contributed by atoms with van der Waals surface area (Å²) in [7, 11) is 0. The first-order chi connectivity index (χ1) is 7.72. The van der Waals surface area contributed by atoms with E-state index in [2.05, 4.69) is 27.3 Å². The van der Waals surface area contributed by atoms with E-state index in [1.54, 1.807) is 0 Å². The molecule has 0 bridgehead atoms. The molecular formula is C12H12BrNOS. The number of carbonyl (C=O) groups is 1. The molecule has 1 spiro atoms. The number of nitrogens with one attached hydrogen (secondary N) is 1. The van der Waals surface area contributed by atoms with Crippen LogP contribution in [0.25, 0.3) is 0 Å². The van der Waals surface area contributed by atoms with Gasteiger partial charge in [0, 0.05) is 10.2 Å². The molecule has 0 atom stereocenters. The van der Waals surface area contributed by atoms with Gasteiger partial charge in [-0.25, -0.2) is 0 Å². The zero-order valence-corrected chi connectivity index (χ0v) is 11.2. The smallest absolute Gasteiger partial charge is 0.235 e. The lowest BCUT2D eigenvalue weighted by atomic mass is 9.76. The SMILES string of the molecule is O=C1Nc2cc(Br)ccc2C12CCSCC2. The van der Waals surface area contributed by atoms with Crippen LogP contribution < -0.4 is 5.32 Å². The van der Waals surface area contributed by atoms with Crippen LogP contribution >= 0.6 is 27.7 Å². The monoisotopic (exact) mass is 297 g/mol. The molecular weight excluding hydrogens is 286 g/mol. The predicted molar refractivity (Wildman–Crippen MR) is 71.0 cm³/mol. The molecule has 1 fully saturated rings. The normalized spacial score (nSPS) is 21.9. The molecule has 16 heavy (non-hydrogen) atoms. The van der Waals surface area contributed by atoms with Crippen LogP contribution in [0.3, 0.4) is 0 Å². The number of carbonyl (C=O) groups excluding carboxylic acids is 1. The van der Waals surface area contributed by atoms with Gasteiger partial charge in [-0.2, -0.15) is 11.8 Å². The maximum Gasteiger partial charge on any atom is 0.235 e. The predicted octanol–water partition coefficient (Wildman–Crippen LogP) is 3.17. The maximum atomic E-state index is 12.2. The first kappa shape index (κ1) is 10.7. The molecule has 0 unspecified atom stereocenters. The molecule has 0 saturated carbocycles. The van der Waals surface area contributed by atoms with Crippen LogP contribution in [0.1, 0.15) is 18.4 Å². The van der Waals surface area contributed by atoms with Gasteiger partial charge >= 0.3 is 0 Å². The van der Waals surface area contributed by atoms with Gasteiger partial charge < -0.3 is 5.32 Å². The van der Waals surface area contributed by atoms with E-state index in [9.17, 15) is 4.79 Å². The minimum absolute atomic E-state index is 0.195. The van der Waals surface area contributed by atoms with E-state index in [1.807, 2.05) is 23.9 Å². The molecule has 1 N–H and O–H groups in total. The van der Waals surface area contributed by atoms with E-state index in [0.717, 1.165) is 34.5 Å². The summed E-state index contributed by atoms with van der Waals surface area (Å²) in [5.74, 6) is 2.37. The number of amides is 1. The fourth-order valence-electron chi connectivity index (χ4n) is 2.62. The lowest BCUT2D eigenvalue weighted by Crippen LogP contribution is -2.37. The number of rotatable bonds is 0. The Morgan fingerprint density at radius 1 is 1.31 bits per heavy atom. The zero-order valence-electron chi connectivity index (χ0n) is 8.75. The highest BCUT2D eigenvalue weighted by molar-refractivity contribution is 9.10. The van der Waals surface area contributed by atoms with Crippen molar-refractivity contribution in [3.05, 3.63) is 28.2 Å². The third-order valence-corrected chi connectivity index (χ3v) is 5.01. The number of halogens is 1. The summed E-state index contributed by atoms with van der Waals surface area (Å²) < 4.78 is 1.02. The Hall–Kier alpha value is -0.480. The zero-order chi connectivity index (χ0) is 11.2. The Balaban J connectivity index is 2.11. The second-order valence-corrected chi connectivity index (χ2v) is 6.48. The van der Waals surface area contributed by atoms with E-state index in [4.69, 9.17) is 0 Å². The van der Waals surface area contributed by atoms with Crippen molar-refractivity contribution in [1.82, 2.24) is 0 Å². The largest absolute Gasteiger partial charge is 0.325 e. The molecule has 0 radical (unpaired) electrons. The van der Waals surface area contributed by atoms with E-state index in [0.29, 0.717) is 0 Å². The van der Waals surface area contributed by atoms with Crippen molar-refractivity contribution >= 4 is 39.3 Å². The molecule has 2 nitrogen and oxygen atoms in total. The highest BCUT2D eigenvalue weighted by Crippen LogP contribution is 2.46. The van der Waals surface area contributed by atoms with Crippen molar-refractivity contribution in [1.29, 1.82) is 0 Å². The fraction of sp³-hybridized carbons (Fsp3) is 0.417. The first-order valence-electron chi connectivity index (χ1n) is 5.42. The third-order valence-electron chi connectivity index (χ3n) is 3.53. The molecule has 2 aliphatic heterocycles. The average molecular weight is 298 g/mol. The molecule has 0 aliphatic carbocycles. The van der Waals surface area contributed by atoms with Crippen LogP contribution in [-0.4, -0.2) is 17.4 Å². The van der Waals surface area contributed by atoms with Crippen LogP contribution in [0.4, 0.5) is 5.69 Å². The third kappa shape index (κ3) is 1.43. The number of hydrogen-bond donors (Lipinski definition) is 1. The summed E-state index contributed by atoms with van der Waals surface area (Å²) in [6, 6.07) is 6.12. The minimum Gasteiger partial charge on any atom is -0.325 e. The van der Waals surface area contributed by atoms with E-state index in [1.165, 1.54) is 5.56 Å². The Labute approximate surface area is 107 Å². The highest BCUT2D eigenvalue weighted by Gasteiger charge is 2.47. The average Bonchev–Trinajstić information content (AvgIpc) is 2.53. The van der Waals surface area contributed by atoms with Crippen molar-refractivity contribution in [2.45, 2.75) is 18.3 Å². The van der Waals surface area contributed by atoms with Crippen LogP contribution in [0.2, 0.25) is 0 Å². The summed E-state index contributed by atoms with van der Waals surface area (Å²) >= 11 is 5.39. The minimum atomic E-state index is -0.235. The van der Waals surface area contributed by atoms with E-state index in [-0.39, 0.29) is 11.3 Å². The second kappa shape index (κ2) is 3.77. The first-order valence-corrected chi connectivity index (χ1v) is 7.36. The molecule has 4 heteroatoms. The van der Waals surface area contributed by atoms with Crippen LogP contribution in [0, 0.1) is 0 Å². The standard InChI is InChI=1S/C12H12BrNOS/c13-8-1-2-9-10(7-8)14-11(15)12(9)3-5-16-6-4-12/h1-2,7H,3-6H2,(H,14,15).